The maximum absolute atomic E-state index is 12.1. The van der Waals surface area contributed by atoms with Crippen LogP contribution in [0.3, 0.4) is 0 Å². The summed E-state index contributed by atoms with van der Waals surface area (Å²) in [6.45, 7) is 5.63. The lowest BCUT2D eigenvalue weighted by Crippen LogP contribution is -2.47. The molecule has 0 spiro atoms. The molecule has 0 aromatic carbocycles. The maximum Gasteiger partial charge on any atom is 0.221 e. The first kappa shape index (κ1) is 14.2. The second kappa shape index (κ2) is 6.80. The van der Waals surface area contributed by atoms with E-state index in [1.165, 1.54) is 18.6 Å². The molecule has 2 rings (SSSR count). The van der Waals surface area contributed by atoms with Gasteiger partial charge in [0.15, 0.2) is 0 Å². The normalized spacial score (nSPS) is 37.2. The van der Waals surface area contributed by atoms with E-state index in [-0.39, 0.29) is 5.91 Å². The van der Waals surface area contributed by atoms with E-state index in [0.29, 0.717) is 24.4 Å². The fraction of sp³-hybridized carbons (Fsp3) is 0.929. The minimum atomic E-state index is 0.237. The van der Waals surface area contributed by atoms with Gasteiger partial charge in [-0.1, -0.05) is 26.7 Å². The summed E-state index contributed by atoms with van der Waals surface area (Å²) >= 11 is 1.95. The lowest BCUT2D eigenvalue weighted by molar-refractivity contribution is -0.122. The molecule has 0 aromatic rings. The standard InChI is InChI=1S/C14H26N2OS/c1-10-4-3-5-13(11(10)2)16-14(17)8-12-9-18-7-6-15-12/h10-13,15H,3-9H2,1-2H3,(H,16,17). The van der Waals surface area contributed by atoms with E-state index in [2.05, 4.69) is 24.5 Å². The van der Waals surface area contributed by atoms with E-state index < -0.39 is 0 Å². The largest absolute Gasteiger partial charge is 0.353 e. The molecule has 4 unspecified atom stereocenters. The van der Waals surface area contributed by atoms with Gasteiger partial charge in [-0.05, 0) is 18.3 Å². The van der Waals surface area contributed by atoms with E-state index >= 15 is 0 Å². The molecular formula is C14H26N2OS. The van der Waals surface area contributed by atoms with Crippen LogP contribution < -0.4 is 10.6 Å². The highest BCUT2D eigenvalue weighted by Gasteiger charge is 2.28. The molecule has 2 fully saturated rings. The number of hydrogen-bond acceptors (Lipinski definition) is 3. The fourth-order valence-corrected chi connectivity index (χ4v) is 3.98. The van der Waals surface area contributed by atoms with Crippen LogP contribution in [0.1, 0.15) is 39.5 Å². The quantitative estimate of drug-likeness (QED) is 0.824. The van der Waals surface area contributed by atoms with Gasteiger partial charge in [0.05, 0.1) is 0 Å². The Bertz CT molecular complexity index is 279. The summed E-state index contributed by atoms with van der Waals surface area (Å²) in [7, 11) is 0. The first-order valence-corrected chi connectivity index (χ1v) is 8.42. The molecule has 1 heterocycles. The second-order valence-corrected chi connectivity index (χ2v) is 7.02. The van der Waals surface area contributed by atoms with Crippen LogP contribution in [0.15, 0.2) is 0 Å². The van der Waals surface area contributed by atoms with Crippen molar-refractivity contribution < 1.29 is 4.79 Å². The molecule has 2 N–H and O–H groups in total. The smallest absolute Gasteiger partial charge is 0.221 e. The van der Waals surface area contributed by atoms with E-state index in [1.54, 1.807) is 0 Å². The molecule has 104 valence electrons. The Morgan fingerprint density at radius 2 is 2.22 bits per heavy atom. The minimum Gasteiger partial charge on any atom is -0.353 e. The van der Waals surface area contributed by atoms with Gasteiger partial charge in [0, 0.05) is 36.6 Å². The number of carbonyl (C=O) groups is 1. The second-order valence-electron chi connectivity index (χ2n) is 5.87. The Balaban J connectivity index is 1.75. The number of nitrogens with one attached hydrogen (secondary N) is 2. The molecule has 4 atom stereocenters. The van der Waals surface area contributed by atoms with Crippen LogP contribution >= 0.6 is 11.8 Å². The van der Waals surface area contributed by atoms with Crippen molar-refractivity contribution in [2.24, 2.45) is 11.8 Å². The maximum atomic E-state index is 12.1. The van der Waals surface area contributed by atoms with Crippen LogP contribution in [-0.4, -0.2) is 36.0 Å². The van der Waals surface area contributed by atoms with Gasteiger partial charge in [-0.3, -0.25) is 4.79 Å². The van der Waals surface area contributed by atoms with Gasteiger partial charge in [-0.25, -0.2) is 0 Å². The van der Waals surface area contributed by atoms with Crippen molar-refractivity contribution in [1.29, 1.82) is 0 Å². The number of hydrogen-bond donors (Lipinski definition) is 2. The van der Waals surface area contributed by atoms with E-state index in [4.69, 9.17) is 0 Å². The van der Waals surface area contributed by atoms with Gasteiger partial charge in [-0.15, -0.1) is 0 Å². The van der Waals surface area contributed by atoms with Crippen molar-refractivity contribution in [3.05, 3.63) is 0 Å². The van der Waals surface area contributed by atoms with Crippen molar-refractivity contribution in [3.8, 4) is 0 Å². The van der Waals surface area contributed by atoms with Gasteiger partial charge in [0.25, 0.3) is 0 Å². The fourth-order valence-electron chi connectivity index (χ4n) is 3.03. The van der Waals surface area contributed by atoms with Crippen LogP contribution in [0.5, 0.6) is 0 Å². The van der Waals surface area contributed by atoms with E-state index in [9.17, 15) is 4.79 Å². The SMILES string of the molecule is CC1CCCC(NC(=O)CC2CSCCN2)C1C. The monoisotopic (exact) mass is 270 g/mol. The molecule has 0 aromatic heterocycles. The third kappa shape index (κ3) is 3.89. The van der Waals surface area contributed by atoms with E-state index in [1.807, 2.05) is 11.8 Å². The first-order valence-electron chi connectivity index (χ1n) is 7.27. The van der Waals surface area contributed by atoms with Crippen molar-refractivity contribution in [2.45, 2.75) is 51.6 Å². The summed E-state index contributed by atoms with van der Waals surface area (Å²) in [4.78, 5) is 12.1. The van der Waals surface area contributed by atoms with E-state index in [0.717, 1.165) is 24.6 Å². The van der Waals surface area contributed by atoms with Crippen LogP contribution in [-0.2, 0) is 4.79 Å². The zero-order valence-corrected chi connectivity index (χ0v) is 12.4. The van der Waals surface area contributed by atoms with Gasteiger partial charge >= 0.3 is 0 Å². The molecule has 4 heteroatoms. The predicted octanol–water partition coefficient (Wildman–Crippen LogP) is 2.02. The Kier molecular flexibility index (Phi) is 5.37. The van der Waals surface area contributed by atoms with Gasteiger partial charge < -0.3 is 10.6 Å². The molecule has 2 aliphatic rings. The molecular weight excluding hydrogens is 244 g/mol. The van der Waals surface area contributed by atoms with Crippen LogP contribution in [0.4, 0.5) is 0 Å². The zero-order valence-electron chi connectivity index (χ0n) is 11.6. The van der Waals surface area contributed by atoms with Crippen LogP contribution in [0.2, 0.25) is 0 Å². The molecule has 3 nitrogen and oxygen atoms in total. The lowest BCUT2D eigenvalue weighted by atomic mass is 9.78. The Morgan fingerprint density at radius 3 is 2.94 bits per heavy atom. The summed E-state index contributed by atoms with van der Waals surface area (Å²) < 4.78 is 0. The molecule has 1 saturated carbocycles. The highest BCUT2D eigenvalue weighted by atomic mass is 32.2. The van der Waals surface area contributed by atoms with Gasteiger partial charge in [-0.2, -0.15) is 11.8 Å². The molecule has 18 heavy (non-hydrogen) atoms. The van der Waals surface area contributed by atoms with Crippen molar-refractivity contribution in [2.75, 3.05) is 18.1 Å². The number of rotatable bonds is 3. The predicted molar refractivity (Wildman–Crippen MR) is 77.8 cm³/mol. The summed E-state index contributed by atoms with van der Waals surface area (Å²) in [5.41, 5.74) is 0. The third-order valence-electron chi connectivity index (χ3n) is 4.48. The Morgan fingerprint density at radius 1 is 1.39 bits per heavy atom. The molecule has 1 amide bonds. The Hall–Kier alpha value is -0.220. The third-order valence-corrected chi connectivity index (χ3v) is 5.61. The zero-order chi connectivity index (χ0) is 13.0. The lowest BCUT2D eigenvalue weighted by Gasteiger charge is -2.35. The van der Waals surface area contributed by atoms with Crippen molar-refractivity contribution in [1.82, 2.24) is 10.6 Å². The average Bonchev–Trinajstić information content (AvgIpc) is 2.36. The van der Waals surface area contributed by atoms with Crippen molar-refractivity contribution in [3.63, 3.8) is 0 Å². The Labute approximate surface area is 115 Å². The van der Waals surface area contributed by atoms with Gasteiger partial charge in [0.1, 0.15) is 0 Å². The van der Waals surface area contributed by atoms with Crippen LogP contribution in [0.25, 0.3) is 0 Å². The summed E-state index contributed by atoms with van der Waals surface area (Å²) in [6.07, 6.45) is 4.37. The topological polar surface area (TPSA) is 41.1 Å². The summed E-state index contributed by atoms with van der Waals surface area (Å²) in [5, 5.41) is 6.68. The highest BCUT2D eigenvalue weighted by molar-refractivity contribution is 7.99. The summed E-state index contributed by atoms with van der Waals surface area (Å²) in [5.74, 6) is 3.85. The molecule has 1 aliphatic carbocycles. The number of carbonyl (C=O) groups excluding carboxylic acids is 1. The molecule has 1 saturated heterocycles. The molecule has 1 aliphatic heterocycles. The first-order chi connectivity index (χ1) is 8.66. The molecule has 0 radical (unpaired) electrons. The van der Waals surface area contributed by atoms with Crippen LogP contribution in [0, 0.1) is 11.8 Å². The highest BCUT2D eigenvalue weighted by Crippen LogP contribution is 2.29. The van der Waals surface area contributed by atoms with Crippen molar-refractivity contribution >= 4 is 17.7 Å². The summed E-state index contributed by atoms with van der Waals surface area (Å²) in [6, 6.07) is 0.776. The minimum absolute atomic E-state index is 0.237. The number of amides is 1. The number of thioether (sulfide) groups is 1. The van der Waals surface area contributed by atoms with Gasteiger partial charge in [0.2, 0.25) is 5.91 Å². The average molecular weight is 270 g/mol. The molecule has 0 bridgehead atoms.